The van der Waals surface area contributed by atoms with Crippen molar-refractivity contribution in [1.29, 1.82) is 5.26 Å². The number of fused-ring (bicyclic) bond motifs is 1. The summed E-state index contributed by atoms with van der Waals surface area (Å²) < 4.78 is 0. The third-order valence-electron chi connectivity index (χ3n) is 4.45. The van der Waals surface area contributed by atoms with Gasteiger partial charge in [0.2, 0.25) is 0 Å². The van der Waals surface area contributed by atoms with Crippen LogP contribution in [0.2, 0.25) is 0 Å². The minimum absolute atomic E-state index is 0.158. The maximum Gasteiger partial charge on any atom is 0.255 e. The number of H-pyrrole nitrogens is 1. The van der Waals surface area contributed by atoms with Crippen LogP contribution in [0.4, 0.5) is 5.69 Å². The Bertz CT molecular complexity index is 1140. The molecule has 3 aromatic carbocycles. The van der Waals surface area contributed by atoms with Crippen molar-refractivity contribution in [3.05, 3.63) is 89.5 Å². The zero-order chi connectivity index (χ0) is 20.1. The summed E-state index contributed by atoms with van der Waals surface area (Å²) in [6, 6.07) is 24.9. The van der Waals surface area contributed by atoms with E-state index in [1.54, 1.807) is 11.8 Å². The van der Waals surface area contributed by atoms with Crippen molar-refractivity contribution in [2.24, 2.45) is 0 Å². The second kappa shape index (κ2) is 8.63. The van der Waals surface area contributed by atoms with E-state index in [0.29, 0.717) is 17.7 Å². The molecule has 0 fully saturated rings. The number of benzene rings is 3. The minimum atomic E-state index is -0.158. The number of imidazole rings is 1. The zero-order valence-electron chi connectivity index (χ0n) is 15.6. The number of anilines is 1. The fraction of sp³-hybridized carbons (Fsp3) is 0.0870. The van der Waals surface area contributed by atoms with Crippen LogP contribution in [-0.2, 0) is 12.2 Å². The Morgan fingerprint density at radius 3 is 2.45 bits per heavy atom. The van der Waals surface area contributed by atoms with E-state index in [1.807, 2.05) is 72.8 Å². The Balaban J connectivity index is 1.35. The first-order valence-corrected chi connectivity index (χ1v) is 10.1. The van der Waals surface area contributed by atoms with Crippen LogP contribution < -0.4 is 5.32 Å². The predicted octanol–water partition coefficient (Wildman–Crippen LogP) is 5.17. The Morgan fingerprint density at radius 2 is 1.72 bits per heavy atom. The number of hydrogen-bond acceptors (Lipinski definition) is 4. The standard InChI is InChI=1S/C23H18N4OS/c24-14-13-16-7-11-19(12-8-16)25-22(28)18-9-5-17(6-10-18)15-29-23-26-20-3-1-2-4-21(20)27-23/h1-12H,13,15H2,(H,25,28)(H,26,27). The molecule has 0 saturated carbocycles. The van der Waals surface area contributed by atoms with E-state index >= 15 is 0 Å². The zero-order valence-corrected chi connectivity index (χ0v) is 16.4. The first-order chi connectivity index (χ1) is 14.2. The van der Waals surface area contributed by atoms with Gasteiger partial charge in [0.15, 0.2) is 5.16 Å². The molecular weight excluding hydrogens is 380 g/mol. The monoisotopic (exact) mass is 398 g/mol. The molecule has 29 heavy (non-hydrogen) atoms. The quantitative estimate of drug-likeness (QED) is 0.439. The van der Waals surface area contributed by atoms with Gasteiger partial charge in [0.25, 0.3) is 5.91 Å². The summed E-state index contributed by atoms with van der Waals surface area (Å²) in [5.74, 6) is 0.608. The second-order valence-corrected chi connectivity index (χ2v) is 7.49. The Hall–Kier alpha value is -3.56. The Kier molecular flexibility index (Phi) is 5.59. The number of thioether (sulfide) groups is 1. The number of aromatic amines is 1. The van der Waals surface area contributed by atoms with Gasteiger partial charge in [-0.3, -0.25) is 4.79 Å². The molecule has 6 heteroatoms. The molecule has 4 rings (SSSR count). The molecule has 1 aromatic heterocycles. The van der Waals surface area contributed by atoms with Crippen molar-refractivity contribution in [1.82, 2.24) is 9.97 Å². The highest BCUT2D eigenvalue weighted by molar-refractivity contribution is 7.98. The molecule has 0 radical (unpaired) electrons. The lowest BCUT2D eigenvalue weighted by Crippen LogP contribution is -2.11. The number of rotatable bonds is 6. The molecule has 0 aliphatic heterocycles. The maximum atomic E-state index is 12.4. The summed E-state index contributed by atoms with van der Waals surface area (Å²) in [5.41, 5.74) is 5.35. The number of amides is 1. The topological polar surface area (TPSA) is 81.6 Å². The summed E-state index contributed by atoms with van der Waals surface area (Å²) in [6.45, 7) is 0. The number of carbonyl (C=O) groups is 1. The average Bonchev–Trinajstić information content (AvgIpc) is 3.17. The van der Waals surface area contributed by atoms with Gasteiger partial charge in [0.05, 0.1) is 23.5 Å². The van der Waals surface area contributed by atoms with E-state index in [4.69, 9.17) is 5.26 Å². The Labute approximate surface area is 172 Å². The summed E-state index contributed by atoms with van der Waals surface area (Å²) in [7, 11) is 0. The fourth-order valence-electron chi connectivity index (χ4n) is 2.90. The first-order valence-electron chi connectivity index (χ1n) is 9.15. The molecule has 0 unspecified atom stereocenters. The van der Waals surface area contributed by atoms with Gasteiger partial charge in [-0.2, -0.15) is 5.26 Å². The molecule has 0 aliphatic rings. The van der Waals surface area contributed by atoms with Crippen LogP contribution in [0.1, 0.15) is 21.5 Å². The molecule has 1 amide bonds. The molecule has 5 nitrogen and oxygen atoms in total. The van der Waals surface area contributed by atoms with E-state index < -0.39 is 0 Å². The lowest BCUT2D eigenvalue weighted by molar-refractivity contribution is 0.102. The highest BCUT2D eigenvalue weighted by atomic mass is 32.2. The van der Waals surface area contributed by atoms with Crippen LogP contribution in [0.5, 0.6) is 0 Å². The largest absolute Gasteiger partial charge is 0.333 e. The number of nitrogens with zero attached hydrogens (tertiary/aromatic N) is 2. The summed E-state index contributed by atoms with van der Waals surface area (Å²) in [4.78, 5) is 20.3. The molecule has 2 N–H and O–H groups in total. The number of nitrogens with one attached hydrogen (secondary N) is 2. The first kappa shape index (κ1) is 18.8. The van der Waals surface area contributed by atoms with E-state index in [0.717, 1.165) is 33.1 Å². The normalized spacial score (nSPS) is 10.6. The van der Waals surface area contributed by atoms with Crippen molar-refractivity contribution in [2.45, 2.75) is 17.3 Å². The van der Waals surface area contributed by atoms with Crippen molar-refractivity contribution in [3.8, 4) is 6.07 Å². The van der Waals surface area contributed by atoms with Gasteiger partial charge in [-0.1, -0.05) is 48.2 Å². The van der Waals surface area contributed by atoms with Gasteiger partial charge in [-0.05, 0) is 47.5 Å². The molecule has 0 aliphatic carbocycles. The van der Waals surface area contributed by atoms with Gasteiger partial charge in [-0.25, -0.2) is 4.98 Å². The molecule has 0 saturated heterocycles. The molecule has 0 spiro atoms. The summed E-state index contributed by atoms with van der Waals surface area (Å²) in [5, 5.41) is 12.5. The number of carbonyl (C=O) groups excluding carboxylic acids is 1. The number of nitriles is 1. The van der Waals surface area contributed by atoms with E-state index in [1.165, 1.54) is 0 Å². The van der Waals surface area contributed by atoms with Gasteiger partial charge in [0, 0.05) is 17.0 Å². The van der Waals surface area contributed by atoms with Crippen LogP contribution in [0.15, 0.2) is 78.0 Å². The SMILES string of the molecule is N#CCc1ccc(NC(=O)c2ccc(CSc3nc4ccccc4[nH]3)cc2)cc1. The van der Waals surface area contributed by atoms with Crippen LogP contribution in [0.3, 0.4) is 0 Å². The lowest BCUT2D eigenvalue weighted by Gasteiger charge is -2.07. The molecular formula is C23H18N4OS. The summed E-state index contributed by atoms with van der Waals surface area (Å²) in [6.07, 6.45) is 0.363. The van der Waals surface area contributed by atoms with Crippen molar-refractivity contribution in [3.63, 3.8) is 0 Å². The average molecular weight is 398 g/mol. The number of para-hydroxylation sites is 2. The molecule has 1 heterocycles. The highest BCUT2D eigenvalue weighted by Crippen LogP contribution is 2.23. The van der Waals surface area contributed by atoms with Crippen molar-refractivity contribution < 1.29 is 4.79 Å². The highest BCUT2D eigenvalue weighted by Gasteiger charge is 2.07. The van der Waals surface area contributed by atoms with Crippen LogP contribution >= 0.6 is 11.8 Å². The van der Waals surface area contributed by atoms with Crippen LogP contribution in [-0.4, -0.2) is 15.9 Å². The number of hydrogen-bond donors (Lipinski definition) is 2. The lowest BCUT2D eigenvalue weighted by atomic mass is 10.1. The molecule has 0 bridgehead atoms. The minimum Gasteiger partial charge on any atom is -0.333 e. The molecule has 142 valence electrons. The maximum absolute atomic E-state index is 12.4. The van der Waals surface area contributed by atoms with Crippen molar-refractivity contribution in [2.75, 3.05) is 5.32 Å². The predicted molar refractivity (Wildman–Crippen MR) is 116 cm³/mol. The van der Waals surface area contributed by atoms with Gasteiger partial charge >= 0.3 is 0 Å². The van der Waals surface area contributed by atoms with Gasteiger partial charge < -0.3 is 10.3 Å². The molecule has 4 aromatic rings. The van der Waals surface area contributed by atoms with E-state index in [-0.39, 0.29) is 5.91 Å². The third kappa shape index (κ3) is 4.65. The van der Waals surface area contributed by atoms with Crippen LogP contribution in [0, 0.1) is 11.3 Å². The molecule has 0 atom stereocenters. The van der Waals surface area contributed by atoms with E-state index in [9.17, 15) is 4.79 Å². The second-order valence-electron chi connectivity index (χ2n) is 6.53. The van der Waals surface area contributed by atoms with Gasteiger partial charge in [-0.15, -0.1) is 0 Å². The van der Waals surface area contributed by atoms with Crippen LogP contribution in [0.25, 0.3) is 11.0 Å². The summed E-state index contributed by atoms with van der Waals surface area (Å²) >= 11 is 1.63. The van der Waals surface area contributed by atoms with Gasteiger partial charge in [0.1, 0.15) is 0 Å². The fourth-order valence-corrected chi connectivity index (χ4v) is 3.74. The van der Waals surface area contributed by atoms with E-state index in [2.05, 4.69) is 21.4 Å². The number of aromatic nitrogens is 2. The Morgan fingerprint density at radius 1 is 1.00 bits per heavy atom. The smallest absolute Gasteiger partial charge is 0.255 e. The third-order valence-corrected chi connectivity index (χ3v) is 5.40. The van der Waals surface area contributed by atoms with Crippen molar-refractivity contribution >= 4 is 34.4 Å².